The van der Waals surface area contributed by atoms with Crippen LogP contribution < -0.4 is 11.1 Å². The molecule has 0 aromatic heterocycles. The number of carboxylic acid groups (broad SMARTS) is 1. The van der Waals surface area contributed by atoms with Crippen LogP contribution in [0.3, 0.4) is 0 Å². The van der Waals surface area contributed by atoms with Crippen molar-refractivity contribution in [1.29, 1.82) is 0 Å². The molecule has 0 fully saturated rings. The van der Waals surface area contributed by atoms with Crippen LogP contribution in [0.1, 0.15) is 13.3 Å². The van der Waals surface area contributed by atoms with Crippen molar-refractivity contribution in [3.8, 4) is 0 Å². The minimum atomic E-state index is -0.977. The molecule has 0 radical (unpaired) electrons. The Morgan fingerprint density at radius 1 is 1.00 bits per heavy atom. The second-order valence-corrected chi connectivity index (χ2v) is 4.58. The van der Waals surface area contributed by atoms with Gasteiger partial charge in [-0.25, -0.2) is 4.79 Å². The molecule has 4 N–H and O–H groups in total. The molecule has 0 unspecified atom stereocenters. The second-order valence-electron chi connectivity index (χ2n) is 4.58. The van der Waals surface area contributed by atoms with E-state index < -0.39 is 5.97 Å². The lowest BCUT2D eigenvalue weighted by Crippen LogP contribution is -2.24. The molecule has 0 spiro atoms. The normalized spacial score (nSPS) is 11.7. The molecule has 0 bridgehead atoms. The lowest BCUT2D eigenvalue weighted by molar-refractivity contribution is -0.142. The van der Waals surface area contributed by atoms with Gasteiger partial charge in [-0.2, -0.15) is 0 Å². The Labute approximate surface area is 137 Å². The summed E-state index contributed by atoms with van der Waals surface area (Å²) in [6.07, 6.45) is 2.98. The molecule has 0 saturated carbocycles. The number of ether oxygens (including phenoxy) is 4. The number of nitrogens with one attached hydrogen (secondary N) is 1. The van der Waals surface area contributed by atoms with Gasteiger partial charge in [-0.1, -0.05) is 13.0 Å². The molecule has 0 rings (SSSR count). The summed E-state index contributed by atoms with van der Waals surface area (Å²) in [4.78, 5) is 10.2. The van der Waals surface area contributed by atoms with E-state index in [-0.39, 0.29) is 13.2 Å². The number of rotatable bonds is 17. The number of hydrogen-bond acceptors (Lipinski definition) is 7. The van der Waals surface area contributed by atoms with Crippen molar-refractivity contribution in [2.45, 2.75) is 13.3 Å². The Morgan fingerprint density at radius 3 is 2.22 bits per heavy atom. The highest BCUT2D eigenvalue weighted by Crippen LogP contribution is 1.94. The Morgan fingerprint density at radius 2 is 1.61 bits per heavy atom. The molecule has 0 heterocycles. The summed E-state index contributed by atoms with van der Waals surface area (Å²) in [6.45, 7) is 6.20. The third-order valence-corrected chi connectivity index (χ3v) is 2.54. The highest BCUT2D eigenvalue weighted by Gasteiger charge is 1.98. The predicted octanol–water partition coefficient (Wildman–Crippen LogP) is -0.0204. The summed E-state index contributed by atoms with van der Waals surface area (Å²) in [6, 6.07) is 0. The topological polar surface area (TPSA) is 112 Å². The first kappa shape index (κ1) is 21.8. The van der Waals surface area contributed by atoms with Gasteiger partial charge in [0, 0.05) is 18.8 Å². The van der Waals surface area contributed by atoms with E-state index in [1.165, 1.54) is 0 Å². The van der Waals surface area contributed by atoms with Gasteiger partial charge in [0.1, 0.15) is 6.61 Å². The first-order chi connectivity index (χ1) is 11.2. The first-order valence-electron chi connectivity index (χ1n) is 7.86. The maximum Gasteiger partial charge on any atom is 0.329 e. The highest BCUT2D eigenvalue weighted by atomic mass is 16.5. The van der Waals surface area contributed by atoms with Crippen molar-refractivity contribution in [3.63, 3.8) is 0 Å². The predicted molar refractivity (Wildman–Crippen MR) is 86.3 cm³/mol. The lowest BCUT2D eigenvalue weighted by Gasteiger charge is -2.12. The molecule has 136 valence electrons. The molecule has 0 aromatic carbocycles. The van der Waals surface area contributed by atoms with Crippen LogP contribution in [0.25, 0.3) is 0 Å². The average Bonchev–Trinajstić information content (AvgIpc) is 2.52. The SMILES string of the molecule is CC/C=C(\COCCOCCN)NCCOCCOCC(=O)O. The molecule has 23 heavy (non-hydrogen) atoms. The summed E-state index contributed by atoms with van der Waals surface area (Å²) < 4.78 is 20.9. The Kier molecular flexibility index (Phi) is 16.3. The number of allylic oxidation sites excluding steroid dienone is 1. The summed E-state index contributed by atoms with van der Waals surface area (Å²) in [7, 11) is 0. The van der Waals surface area contributed by atoms with Crippen LogP contribution >= 0.6 is 0 Å². The Hall–Kier alpha value is -1.19. The third-order valence-electron chi connectivity index (χ3n) is 2.54. The number of nitrogens with two attached hydrogens (primary N) is 1. The molecule has 0 aliphatic carbocycles. The summed E-state index contributed by atoms with van der Waals surface area (Å²) in [5.41, 5.74) is 6.33. The number of hydrogen-bond donors (Lipinski definition) is 3. The second kappa shape index (κ2) is 17.2. The van der Waals surface area contributed by atoms with Crippen LogP contribution in [0.5, 0.6) is 0 Å². The van der Waals surface area contributed by atoms with Crippen LogP contribution in [0.15, 0.2) is 11.8 Å². The zero-order valence-electron chi connectivity index (χ0n) is 13.9. The minimum absolute atomic E-state index is 0.274. The van der Waals surface area contributed by atoms with E-state index >= 15 is 0 Å². The molecule has 0 atom stereocenters. The number of aliphatic carboxylic acids is 1. The van der Waals surface area contributed by atoms with Crippen molar-refractivity contribution in [3.05, 3.63) is 11.8 Å². The number of carboxylic acids is 1. The zero-order chi connectivity index (χ0) is 17.2. The van der Waals surface area contributed by atoms with Gasteiger partial charge in [0.25, 0.3) is 0 Å². The zero-order valence-corrected chi connectivity index (χ0v) is 13.9. The van der Waals surface area contributed by atoms with Crippen molar-refractivity contribution >= 4 is 5.97 Å². The molecule has 8 heteroatoms. The molecule has 8 nitrogen and oxygen atoms in total. The maximum absolute atomic E-state index is 10.2. The summed E-state index contributed by atoms with van der Waals surface area (Å²) in [5.74, 6) is -0.977. The fourth-order valence-electron chi connectivity index (χ4n) is 1.58. The summed E-state index contributed by atoms with van der Waals surface area (Å²) in [5, 5.41) is 11.6. The van der Waals surface area contributed by atoms with Crippen LogP contribution in [0.2, 0.25) is 0 Å². The van der Waals surface area contributed by atoms with E-state index in [1.807, 2.05) is 0 Å². The largest absolute Gasteiger partial charge is 0.480 e. The standard InChI is InChI=1S/C15H30N2O6/c1-2-3-14(12-22-10-8-20-6-4-16)17-5-7-21-9-11-23-13-15(18)19/h3,17H,2,4-13,16H2,1H3,(H,18,19)/b14-3+. The highest BCUT2D eigenvalue weighted by molar-refractivity contribution is 5.67. The lowest BCUT2D eigenvalue weighted by atomic mass is 10.3. The fourth-order valence-corrected chi connectivity index (χ4v) is 1.58. The monoisotopic (exact) mass is 334 g/mol. The van der Waals surface area contributed by atoms with Crippen molar-refractivity contribution in [2.75, 3.05) is 65.9 Å². The molecule has 0 aliphatic rings. The smallest absolute Gasteiger partial charge is 0.329 e. The number of carbonyl (C=O) groups is 1. The van der Waals surface area contributed by atoms with Crippen LogP contribution in [0.4, 0.5) is 0 Å². The van der Waals surface area contributed by atoms with Crippen LogP contribution in [-0.2, 0) is 23.7 Å². The van der Waals surface area contributed by atoms with Gasteiger partial charge >= 0.3 is 5.97 Å². The molecule has 0 aromatic rings. The fraction of sp³-hybridized carbons (Fsp3) is 0.800. The van der Waals surface area contributed by atoms with Gasteiger partial charge in [0.2, 0.25) is 0 Å². The maximum atomic E-state index is 10.2. The van der Waals surface area contributed by atoms with E-state index in [1.54, 1.807) is 0 Å². The molecular weight excluding hydrogens is 304 g/mol. The van der Waals surface area contributed by atoms with Crippen LogP contribution in [-0.4, -0.2) is 77.0 Å². The van der Waals surface area contributed by atoms with Gasteiger partial charge in [-0.15, -0.1) is 0 Å². The average molecular weight is 334 g/mol. The molecule has 0 saturated heterocycles. The van der Waals surface area contributed by atoms with Gasteiger partial charge in [-0.3, -0.25) is 0 Å². The van der Waals surface area contributed by atoms with Gasteiger partial charge in [0.05, 0.1) is 46.2 Å². The third kappa shape index (κ3) is 17.0. The Balaban J connectivity index is 3.53. The van der Waals surface area contributed by atoms with E-state index in [9.17, 15) is 4.79 Å². The van der Waals surface area contributed by atoms with E-state index in [4.69, 9.17) is 29.8 Å². The van der Waals surface area contributed by atoms with Gasteiger partial charge in [-0.05, 0) is 6.42 Å². The molecule has 0 aliphatic heterocycles. The van der Waals surface area contributed by atoms with Gasteiger partial charge < -0.3 is 35.1 Å². The van der Waals surface area contributed by atoms with Crippen molar-refractivity contribution in [2.24, 2.45) is 5.73 Å². The van der Waals surface area contributed by atoms with E-state index in [2.05, 4.69) is 18.3 Å². The van der Waals surface area contributed by atoms with Crippen molar-refractivity contribution < 1.29 is 28.8 Å². The van der Waals surface area contributed by atoms with E-state index in [0.717, 1.165) is 12.1 Å². The quantitative estimate of drug-likeness (QED) is 0.318. The van der Waals surface area contributed by atoms with E-state index in [0.29, 0.717) is 52.7 Å². The summed E-state index contributed by atoms with van der Waals surface area (Å²) >= 11 is 0. The minimum Gasteiger partial charge on any atom is -0.480 e. The van der Waals surface area contributed by atoms with Gasteiger partial charge in [0.15, 0.2) is 0 Å². The molecule has 0 amide bonds. The Bertz CT molecular complexity index is 312. The molecular formula is C15H30N2O6. The first-order valence-corrected chi connectivity index (χ1v) is 7.86. The van der Waals surface area contributed by atoms with Crippen LogP contribution in [0, 0.1) is 0 Å². The van der Waals surface area contributed by atoms with Crippen molar-refractivity contribution in [1.82, 2.24) is 5.32 Å².